The van der Waals surface area contributed by atoms with E-state index in [2.05, 4.69) is 38.1 Å². The molecule has 1 aliphatic rings. The first-order valence-electron chi connectivity index (χ1n) is 9.67. The van der Waals surface area contributed by atoms with Gasteiger partial charge in [-0.15, -0.1) is 46.7 Å². The van der Waals surface area contributed by atoms with Gasteiger partial charge >= 0.3 is 6.18 Å². The van der Waals surface area contributed by atoms with Crippen molar-refractivity contribution in [1.82, 2.24) is 20.5 Å². The minimum Gasteiger partial charge on any atom is -0.357 e. The lowest BCUT2D eigenvalue weighted by molar-refractivity contribution is -0.143. The number of aryl methyl sites for hydroxylation is 1. The molecular formula is C19H27F3IN5S2. The highest BCUT2D eigenvalue weighted by atomic mass is 127. The zero-order chi connectivity index (χ0) is 20.9. The van der Waals surface area contributed by atoms with Crippen LogP contribution >= 0.6 is 46.7 Å². The molecule has 1 saturated heterocycles. The molecule has 3 rings (SSSR count). The Morgan fingerprint density at radius 1 is 1.37 bits per heavy atom. The number of rotatable bonds is 7. The van der Waals surface area contributed by atoms with E-state index in [1.54, 1.807) is 22.7 Å². The predicted octanol–water partition coefficient (Wildman–Crippen LogP) is 4.53. The van der Waals surface area contributed by atoms with Gasteiger partial charge in [0.2, 0.25) is 0 Å². The van der Waals surface area contributed by atoms with Gasteiger partial charge in [0, 0.05) is 48.9 Å². The third-order valence-corrected chi connectivity index (χ3v) is 6.46. The van der Waals surface area contributed by atoms with Crippen LogP contribution in [-0.4, -0.2) is 60.8 Å². The number of aromatic nitrogens is 1. The zero-order valence-electron chi connectivity index (χ0n) is 17.0. The highest BCUT2D eigenvalue weighted by Crippen LogP contribution is 2.29. The van der Waals surface area contributed by atoms with Gasteiger partial charge in [-0.3, -0.25) is 9.89 Å². The standard InChI is InChI=1S/C19H26F3N5S2.HI/c1-3-23-18(26-14-7-9-27(10-14)12-19(20,21)22)24-8-6-15-4-5-17(29-15)16-11-28-13(2)25-16;/h4-5,11,14H,3,6-10,12H2,1-2H3,(H2,23,24,26);1H. The van der Waals surface area contributed by atoms with Crippen molar-refractivity contribution in [3.05, 3.63) is 27.4 Å². The number of halogens is 4. The quantitative estimate of drug-likeness (QED) is 0.291. The maximum absolute atomic E-state index is 12.6. The van der Waals surface area contributed by atoms with E-state index in [4.69, 9.17) is 0 Å². The monoisotopic (exact) mass is 573 g/mol. The first kappa shape index (κ1) is 25.3. The minimum absolute atomic E-state index is 0. The summed E-state index contributed by atoms with van der Waals surface area (Å²) in [5.41, 5.74) is 1.02. The Labute approximate surface area is 200 Å². The van der Waals surface area contributed by atoms with Gasteiger partial charge in [0.1, 0.15) is 0 Å². The SMILES string of the molecule is CCNC(=NCCc1ccc(-c2csc(C)n2)s1)NC1CCN(CC(F)(F)F)C1.I. The number of nitrogens with one attached hydrogen (secondary N) is 2. The van der Waals surface area contributed by atoms with Crippen LogP contribution in [0.1, 0.15) is 23.2 Å². The van der Waals surface area contributed by atoms with Crippen molar-refractivity contribution in [3.63, 3.8) is 0 Å². The van der Waals surface area contributed by atoms with E-state index in [-0.39, 0.29) is 30.0 Å². The van der Waals surface area contributed by atoms with E-state index in [0.29, 0.717) is 38.6 Å². The molecule has 0 bridgehead atoms. The second-order valence-electron chi connectivity index (χ2n) is 7.01. The number of thiophene rings is 1. The molecule has 2 N–H and O–H groups in total. The Hall–Kier alpha value is -0.920. The van der Waals surface area contributed by atoms with Gasteiger partial charge in [-0.2, -0.15) is 13.2 Å². The first-order chi connectivity index (χ1) is 13.8. The molecule has 1 unspecified atom stereocenters. The predicted molar refractivity (Wildman–Crippen MR) is 129 cm³/mol. The topological polar surface area (TPSA) is 52.6 Å². The van der Waals surface area contributed by atoms with Crippen LogP contribution in [0.5, 0.6) is 0 Å². The number of hydrogen-bond donors (Lipinski definition) is 2. The Morgan fingerprint density at radius 3 is 2.83 bits per heavy atom. The second kappa shape index (κ2) is 11.6. The molecule has 30 heavy (non-hydrogen) atoms. The summed E-state index contributed by atoms with van der Waals surface area (Å²) in [4.78, 5) is 13.0. The van der Waals surface area contributed by atoms with Crippen LogP contribution in [0, 0.1) is 6.92 Å². The average molecular weight is 573 g/mol. The molecule has 1 fully saturated rings. The fourth-order valence-corrected chi connectivity index (χ4v) is 4.91. The second-order valence-corrected chi connectivity index (χ2v) is 9.24. The smallest absolute Gasteiger partial charge is 0.357 e. The van der Waals surface area contributed by atoms with Gasteiger partial charge in [-0.1, -0.05) is 0 Å². The molecule has 1 atom stereocenters. The summed E-state index contributed by atoms with van der Waals surface area (Å²) in [6.07, 6.45) is -2.65. The number of thiazole rings is 1. The van der Waals surface area contributed by atoms with E-state index in [1.165, 1.54) is 9.78 Å². The molecule has 0 spiro atoms. The molecule has 0 aliphatic carbocycles. The fourth-order valence-electron chi connectivity index (χ4n) is 3.27. The summed E-state index contributed by atoms with van der Waals surface area (Å²) in [7, 11) is 0. The third kappa shape index (κ3) is 7.97. The maximum Gasteiger partial charge on any atom is 0.401 e. The van der Waals surface area contributed by atoms with Gasteiger partial charge in [-0.05, 0) is 32.4 Å². The molecular weight excluding hydrogens is 546 g/mol. The van der Waals surface area contributed by atoms with Crippen molar-refractivity contribution in [3.8, 4) is 10.6 Å². The van der Waals surface area contributed by atoms with Gasteiger partial charge < -0.3 is 10.6 Å². The van der Waals surface area contributed by atoms with Crippen LogP contribution < -0.4 is 10.6 Å². The van der Waals surface area contributed by atoms with E-state index < -0.39 is 12.7 Å². The van der Waals surface area contributed by atoms with Gasteiger partial charge in [0.05, 0.1) is 22.1 Å². The van der Waals surface area contributed by atoms with E-state index in [1.807, 2.05) is 13.8 Å². The fraction of sp³-hybridized carbons (Fsp3) is 0.579. The van der Waals surface area contributed by atoms with Crippen molar-refractivity contribution in [2.45, 2.75) is 38.9 Å². The van der Waals surface area contributed by atoms with Crippen LogP contribution in [0.2, 0.25) is 0 Å². The van der Waals surface area contributed by atoms with Crippen molar-refractivity contribution < 1.29 is 13.2 Å². The summed E-state index contributed by atoms with van der Waals surface area (Å²) in [6, 6.07) is 4.18. The van der Waals surface area contributed by atoms with Crippen molar-refractivity contribution in [1.29, 1.82) is 0 Å². The Morgan fingerprint density at radius 2 is 2.17 bits per heavy atom. The highest BCUT2D eigenvalue weighted by Gasteiger charge is 2.34. The van der Waals surface area contributed by atoms with Crippen LogP contribution in [-0.2, 0) is 6.42 Å². The number of likely N-dealkylation sites (tertiary alicyclic amines) is 1. The summed E-state index contributed by atoms with van der Waals surface area (Å²) in [5.74, 6) is 0.665. The van der Waals surface area contributed by atoms with E-state index >= 15 is 0 Å². The number of nitrogens with zero attached hydrogens (tertiary/aromatic N) is 3. The normalized spacial score (nSPS) is 17.8. The Balaban J connectivity index is 0.00000320. The lowest BCUT2D eigenvalue weighted by Crippen LogP contribution is -2.45. The largest absolute Gasteiger partial charge is 0.401 e. The van der Waals surface area contributed by atoms with Crippen molar-refractivity contribution in [2.75, 3.05) is 32.7 Å². The summed E-state index contributed by atoms with van der Waals surface area (Å²) in [5, 5.41) is 9.59. The molecule has 11 heteroatoms. The molecule has 0 amide bonds. The lowest BCUT2D eigenvalue weighted by Gasteiger charge is -2.19. The van der Waals surface area contributed by atoms with Crippen molar-refractivity contribution in [2.24, 2.45) is 4.99 Å². The minimum atomic E-state index is -4.15. The molecule has 2 aromatic rings. The van der Waals surface area contributed by atoms with Gasteiger partial charge in [-0.25, -0.2) is 4.98 Å². The first-order valence-corrected chi connectivity index (χ1v) is 11.4. The van der Waals surface area contributed by atoms with Crippen molar-refractivity contribution >= 4 is 52.6 Å². The molecule has 1 aliphatic heterocycles. The van der Waals surface area contributed by atoms with Gasteiger partial charge in [0.15, 0.2) is 5.96 Å². The highest BCUT2D eigenvalue weighted by molar-refractivity contribution is 14.0. The number of hydrogen-bond acceptors (Lipinski definition) is 5. The van der Waals surface area contributed by atoms with Crippen LogP contribution in [0.15, 0.2) is 22.5 Å². The zero-order valence-corrected chi connectivity index (χ0v) is 20.9. The number of guanidine groups is 1. The van der Waals surface area contributed by atoms with E-state index in [9.17, 15) is 13.2 Å². The third-order valence-electron chi connectivity index (χ3n) is 4.52. The summed E-state index contributed by atoms with van der Waals surface area (Å²) < 4.78 is 37.7. The molecule has 0 radical (unpaired) electrons. The summed E-state index contributed by atoms with van der Waals surface area (Å²) in [6.45, 7) is 5.28. The summed E-state index contributed by atoms with van der Waals surface area (Å²) >= 11 is 3.37. The molecule has 0 aromatic carbocycles. The number of alkyl halides is 3. The Kier molecular flexibility index (Phi) is 9.82. The molecule has 5 nitrogen and oxygen atoms in total. The maximum atomic E-state index is 12.6. The van der Waals surface area contributed by atoms with Crippen LogP contribution in [0.3, 0.4) is 0 Å². The molecule has 0 saturated carbocycles. The lowest BCUT2D eigenvalue weighted by atomic mass is 10.3. The molecule has 3 heterocycles. The van der Waals surface area contributed by atoms with Crippen LogP contribution in [0.4, 0.5) is 13.2 Å². The molecule has 168 valence electrons. The number of aliphatic imine (C=N–C) groups is 1. The van der Waals surface area contributed by atoms with Gasteiger partial charge in [0.25, 0.3) is 0 Å². The average Bonchev–Trinajstić information content (AvgIpc) is 3.35. The van der Waals surface area contributed by atoms with Crippen LogP contribution in [0.25, 0.3) is 10.6 Å². The Bertz CT molecular complexity index is 821. The molecule has 2 aromatic heterocycles. The van der Waals surface area contributed by atoms with E-state index in [0.717, 1.165) is 22.0 Å².